The quantitative estimate of drug-likeness (QED) is 0.846. The SMILES string of the molecule is CN(C(=O)N(CC(C)(C)C)C1CCS(=O)(=O)C1)c1ccccn1. The first-order valence-corrected chi connectivity index (χ1v) is 9.57. The van der Waals surface area contributed by atoms with E-state index in [-0.39, 0.29) is 29.0 Å². The first kappa shape index (κ1) is 17.7. The van der Waals surface area contributed by atoms with Gasteiger partial charge in [-0.2, -0.15) is 0 Å². The van der Waals surface area contributed by atoms with Crippen LogP contribution in [0.5, 0.6) is 0 Å². The summed E-state index contributed by atoms with van der Waals surface area (Å²) in [7, 11) is -1.38. The van der Waals surface area contributed by atoms with Gasteiger partial charge in [-0.25, -0.2) is 18.2 Å². The average Bonchev–Trinajstić information content (AvgIpc) is 2.83. The number of hydrogen-bond acceptors (Lipinski definition) is 4. The first-order chi connectivity index (χ1) is 10.6. The van der Waals surface area contributed by atoms with Gasteiger partial charge in [-0.1, -0.05) is 26.8 Å². The highest BCUT2D eigenvalue weighted by atomic mass is 32.2. The highest BCUT2D eigenvalue weighted by Gasteiger charge is 2.37. The minimum atomic E-state index is -3.05. The maximum absolute atomic E-state index is 12.9. The summed E-state index contributed by atoms with van der Waals surface area (Å²) in [6.45, 7) is 6.62. The van der Waals surface area contributed by atoms with E-state index in [2.05, 4.69) is 4.98 Å². The topological polar surface area (TPSA) is 70.6 Å². The molecule has 23 heavy (non-hydrogen) atoms. The Balaban J connectivity index is 2.24. The third kappa shape index (κ3) is 4.67. The molecule has 1 aliphatic heterocycles. The molecule has 7 heteroatoms. The van der Waals surface area contributed by atoms with Gasteiger partial charge in [0.1, 0.15) is 5.82 Å². The van der Waals surface area contributed by atoms with Crippen LogP contribution in [-0.4, -0.2) is 55.5 Å². The Morgan fingerprint density at radius 3 is 2.52 bits per heavy atom. The number of hydrogen-bond donors (Lipinski definition) is 0. The Hall–Kier alpha value is -1.63. The molecular formula is C16H25N3O3S. The van der Waals surface area contributed by atoms with Crippen LogP contribution in [0.25, 0.3) is 0 Å². The largest absolute Gasteiger partial charge is 0.325 e. The second kappa shape index (κ2) is 6.47. The molecule has 128 valence electrons. The molecule has 2 amide bonds. The molecule has 0 aromatic carbocycles. The first-order valence-electron chi connectivity index (χ1n) is 7.75. The molecule has 1 aromatic heterocycles. The van der Waals surface area contributed by atoms with Crippen LogP contribution in [0.2, 0.25) is 0 Å². The van der Waals surface area contributed by atoms with Crippen LogP contribution >= 0.6 is 0 Å². The Morgan fingerprint density at radius 1 is 1.35 bits per heavy atom. The molecular weight excluding hydrogens is 314 g/mol. The number of carbonyl (C=O) groups excluding carboxylic acids is 1. The van der Waals surface area contributed by atoms with Gasteiger partial charge in [-0.05, 0) is 24.0 Å². The number of amides is 2. The van der Waals surface area contributed by atoms with E-state index in [0.29, 0.717) is 18.8 Å². The molecule has 6 nitrogen and oxygen atoms in total. The summed E-state index contributed by atoms with van der Waals surface area (Å²) in [5.74, 6) is 0.751. The number of rotatable bonds is 3. The number of anilines is 1. The van der Waals surface area contributed by atoms with Crippen LogP contribution in [0, 0.1) is 5.41 Å². The minimum Gasteiger partial charge on any atom is -0.320 e. The fourth-order valence-electron chi connectivity index (χ4n) is 2.73. The van der Waals surface area contributed by atoms with Crippen molar-refractivity contribution in [1.82, 2.24) is 9.88 Å². The maximum Gasteiger partial charge on any atom is 0.325 e. The van der Waals surface area contributed by atoms with Gasteiger partial charge < -0.3 is 4.90 Å². The van der Waals surface area contributed by atoms with Gasteiger partial charge in [-0.3, -0.25) is 4.90 Å². The van der Waals surface area contributed by atoms with Crippen LogP contribution < -0.4 is 4.90 Å². The van der Waals surface area contributed by atoms with Gasteiger partial charge in [0.25, 0.3) is 0 Å². The summed E-state index contributed by atoms with van der Waals surface area (Å²) >= 11 is 0. The molecule has 2 heterocycles. The van der Waals surface area contributed by atoms with Gasteiger partial charge in [0, 0.05) is 25.8 Å². The molecule has 0 saturated carbocycles. The standard InChI is InChI=1S/C16H25N3O3S/c1-16(2,3)12-19(13-8-10-23(21,22)11-13)15(20)18(4)14-7-5-6-9-17-14/h5-7,9,13H,8,10-12H2,1-4H3. The second-order valence-electron chi connectivity index (χ2n) is 7.27. The molecule has 2 rings (SSSR count). The fraction of sp³-hybridized carbons (Fsp3) is 0.625. The Bertz CT molecular complexity index is 653. The van der Waals surface area contributed by atoms with E-state index >= 15 is 0 Å². The number of nitrogens with zero attached hydrogens (tertiary/aromatic N) is 3. The summed E-state index contributed by atoms with van der Waals surface area (Å²) in [6.07, 6.45) is 2.13. The molecule has 0 radical (unpaired) electrons. The van der Waals surface area contributed by atoms with Crippen molar-refractivity contribution in [2.24, 2.45) is 5.41 Å². The lowest BCUT2D eigenvalue weighted by Crippen LogP contribution is -2.50. The molecule has 1 fully saturated rings. The van der Waals surface area contributed by atoms with Crippen LogP contribution in [0.1, 0.15) is 27.2 Å². The molecule has 1 aromatic rings. The highest BCUT2D eigenvalue weighted by molar-refractivity contribution is 7.91. The predicted molar refractivity (Wildman–Crippen MR) is 91.3 cm³/mol. The number of urea groups is 1. The van der Waals surface area contributed by atoms with Crippen LogP contribution in [-0.2, 0) is 9.84 Å². The highest BCUT2D eigenvalue weighted by Crippen LogP contribution is 2.25. The minimum absolute atomic E-state index is 0.0465. The lowest BCUT2D eigenvalue weighted by atomic mass is 9.95. The summed E-state index contributed by atoms with van der Waals surface area (Å²) in [6, 6.07) is 4.90. The summed E-state index contributed by atoms with van der Waals surface area (Å²) in [5.41, 5.74) is -0.118. The van der Waals surface area contributed by atoms with E-state index in [9.17, 15) is 13.2 Å². The van der Waals surface area contributed by atoms with Crippen molar-refractivity contribution in [3.63, 3.8) is 0 Å². The monoisotopic (exact) mass is 339 g/mol. The summed E-state index contributed by atoms with van der Waals surface area (Å²) in [5, 5.41) is 0. The Labute approximate surface area is 138 Å². The number of carbonyl (C=O) groups is 1. The molecule has 0 spiro atoms. The summed E-state index contributed by atoms with van der Waals surface area (Å²) in [4.78, 5) is 20.3. The van der Waals surface area contributed by atoms with E-state index in [1.807, 2.05) is 26.8 Å². The van der Waals surface area contributed by atoms with Crippen molar-refractivity contribution in [2.45, 2.75) is 33.2 Å². The van der Waals surface area contributed by atoms with Crippen LogP contribution in [0.4, 0.5) is 10.6 Å². The number of pyridine rings is 1. The van der Waals surface area contributed by atoms with Gasteiger partial charge in [0.05, 0.1) is 11.5 Å². The van der Waals surface area contributed by atoms with Crippen molar-refractivity contribution < 1.29 is 13.2 Å². The predicted octanol–water partition coefficient (Wildman–Crippen LogP) is 2.17. The van der Waals surface area contributed by atoms with Crippen molar-refractivity contribution in [1.29, 1.82) is 0 Å². The zero-order valence-electron chi connectivity index (χ0n) is 14.2. The van der Waals surface area contributed by atoms with Gasteiger partial charge in [-0.15, -0.1) is 0 Å². The van der Waals surface area contributed by atoms with Gasteiger partial charge >= 0.3 is 6.03 Å². The number of sulfone groups is 1. The van der Waals surface area contributed by atoms with Gasteiger partial charge in [0.2, 0.25) is 0 Å². The van der Waals surface area contributed by atoms with E-state index in [1.165, 1.54) is 4.90 Å². The van der Waals surface area contributed by atoms with E-state index in [4.69, 9.17) is 0 Å². The zero-order valence-corrected chi connectivity index (χ0v) is 15.0. The third-order valence-corrected chi connectivity index (χ3v) is 5.57. The van der Waals surface area contributed by atoms with Crippen molar-refractivity contribution in [3.8, 4) is 0 Å². The van der Waals surface area contributed by atoms with Crippen molar-refractivity contribution in [3.05, 3.63) is 24.4 Å². The molecule has 1 saturated heterocycles. The molecule has 1 atom stereocenters. The molecule has 0 bridgehead atoms. The van der Waals surface area contributed by atoms with Crippen molar-refractivity contribution >= 4 is 21.7 Å². The molecule has 1 unspecified atom stereocenters. The Morgan fingerprint density at radius 2 is 2.04 bits per heavy atom. The van der Waals surface area contributed by atoms with E-state index < -0.39 is 9.84 Å². The lowest BCUT2D eigenvalue weighted by molar-refractivity contribution is 0.158. The van der Waals surface area contributed by atoms with Crippen molar-refractivity contribution in [2.75, 3.05) is 30.0 Å². The average molecular weight is 339 g/mol. The smallest absolute Gasteiger partial charge is 0.320 e. The zero-order chi connectivity index (χ0) is 17.3. The Kier molecular flexibility index (Phi) is 4.98. The lowest BCUT2D eigenvalue weighted by Gasteiger charge is -2.36. The molecule has 0 aliphatic carbocycles. The fourth-order valence-corrected chi connectivity index (χ4v) is 4.46. The molecule has 1 aliphatic rings. The van der Waals surface area contributed by atoms with E-state index in [0.717, 1.165) is 0 Å². The third-order valence-electron chi connectivity index (χ3n) is 3.82. The van der Waals surface area contributed by atoms with Crippen LogP contribution in [0.3, 0.4) is 0 Å². The molecule has 0 N–H and O–H groups in total. The number of aromatic nitrogens is 1. The maximum atomic E-state index is 12.9. The normalized spacial score (nSPS) is 20.3. The summed E-state index contributed by atoms with van der Waals surface area (Å²) < 4.78 is 23.6. The van der Waals surface area contributed by atoms with Gasteiger partial charge in [0.15, 0.2) is 9.84 Å². The van der Waals surface area contributed by atoms with Crippen LogP contribution in [0.15, 0.2) is 24.4 Å². The van der Waals surface area contributed by atoms with E-state index in [1.54, 1.807) is 30.3 Å². The second-order valence-corrected chi connectivity index (χ2v) is 9.50.